The molecule has 0 aliphatic heterocycles. The van der Waals surface area contributed by atoms with E-state index in [1.807, 2.05) is 6.20 Å². The second kappa shape index (κ2) is 6.87. The Bertz CT molecular complexity index is 488. The van der Waals surface area contributed by atoms with E-state index in [1.165, 1.54) is 11.1 Å². The predicted octanol–water partition coefficient (Wildman–Crippen LogP) is 3.76. The maximum Gasteiger partial charge on any atom is 0.107 e. The molecule has 3 nitrogen and oxygen atoms in total. The number of H-pyrrole nitrogens is 1. The average molecular weight is 322 g/mol. The first-order valence-corrected chi connectivity index (χ1v) is 7.47. The zero-order valence-electron chi connectivity index (χ0n) is 11.4. The van der Waals surface area contributed by atoms with Crippen molar-refractivity contribution in [1.82, 2.24) is 15.3 Å². The van der Waals surface area contributed by atoms with Crippen LogP contribution in [0.25, 0.3) is 0 Å². The summed E-state index contributed by atoms with van der Waals surface area (Å²) < 4.78 is 1.13. The zero-order valence-corrected chi connectivity index (χ0v) is 13.0. The van der Waals surface area contributed by atoms with E-state index in [-0.39, 0.29) is 0 Å². The van der Waals surface area contributed by atoms with Crippen molar-refractivity contribution >= 4 is 15.9 Å². The molecule has 0 fully saturated rings. The van der Waals surface area contributed by atoms with E-state index >= 15 is 0 Å². The molecule has 1 aromatic carbocycles. The van der Waals surface area contributed by atoms with Gasteiger partial charge in [-0.3, -0.25) is 0 Å². The quantitative estimate of drug-likeness (QED) is 0.850. The highest BCUT2D eigenvalue weighted by Gasteiger charge is 2.13. The van der Waals surface area contributed by atoms with Crippen molar-refractivity contribution in [3.05, 3.63) is 52.0 Å². The molecule has 2 rings (SSSR count). The van der Waals surface area contributed by atoms with Crippen molar-refractivity contribution in [2.75, 3.05) is 6.54 Å². The lowest BCUT2D eigenvalue weighted by atomic mass is 10.0. The molecule has 0 aliphatic rings. The Morgan fingerprint density at radius 1 is 1.37 bits per heavy atom. The molecule has 2 aromatic rings. The summed E-state index contributed by atoms with van der Waals surface area (Å²) in [4.78, 5) is 7.51. The number of aromatic nitrogens is 2. The van der Waals surface area contributed by atoms with Gasteiger partial charge in [0.05, 0.1) is 0 Å². The SMILES string of the molecule is CCCNC(Cc1ncc[nH]1)c1cc(C)cc(Br)c1. The van der Waals surface area contributed by atoms with Crippen LogP contribution in [0.1, 0.15) is 36.3 Å². The molecular weight excluding hydrogens is 302 g/mol. The number of benzene rings is 1. The van der Waals surface area contributed by atoms with Crippen molar-refractivity contribution in [2.24, 2.45) is 0 Å². The van der Waals surface area contributed by atoms with Gasteiger partial charge in [0, 0.05) is 29.3 Å². The van der Waals surface area contributed by atoms with Crippen molar-refractivity contribution in [3.63, 3.8) is 0 Å². The monoisotopic (exact) mass is 321 g/mol. The van der Waals surface area contributed by atoms with Crippen LogP contribution in [0.15, 0.2) is 35.1 Å². The van der Waals surface area contributed by atoms with E-state index in [9.17, 15) is 0 Å². The van der Waals surface area contributed by atoms with Gasteiger partial charge in [0.1, 0.15) is 5.82 Å². The number of aryl methyl sites for hydroxylation is 1. The fraction of sp³-hybridized carbons (Fsp3) is 0.400. The fourth-order valence-corrected chi connectivity index (χ4v) is 2.82. The van der Waals surface area contributed by atoms with Crippen LogP contribution in [0.2, 0.25) is 0 Å². The molecular formula is C15H20BrN3. The Morgan fingerprint density at radius 2 is 2.21 bits per heavy atom. The molecule has 0 saturated heterocycles. The molecule has 0 amide bonds. The van der Waals surface area contributed by atoms with Crippen LogP contribution in [0.4, 0.5) is 0 Å². The van der Waals surface area contributed by atoms with Crippen LogP contribution >= 0.6 is 15.9 Å². The van der Waals surface area contributed by atoms with Crippen molar-refractivity contribution < 1.29 is 0 Å². The summed E-state index contributed by atoms with van der Waals surface area (Å²) >= 11 is 3.58. The molecule has 0 spiro atoms. The number of imidazole rings is 1. The molecule has 0 radical (unpaired) electrons. The van der Waals surface area contributed by atoms with Crippen LogP contribution in [0.3, 0.4) is 0 Å². The summed E-state index contributed by atoms with van der Waals surface area (Å²) in [6, 6.07) is 6.85. The molecule has 4 heteroatoms. The largest absolute Gasteiger partial charge is 0.349 e. The van der Waals surface area contributed by atoms with Gasteiger partial charge in [-0.05, 0) is 43.1 Å². The Hall–Kier alpha value is -1.13. The second-order valence-corrected chi connectivity index (χ2v) is 5.72. The zero-order chi connectivity index (χ0) is 13.7. The molecule has 0 saturated carbocycles. The van der Waals surface area contributed by atoms with E-state index < -0.39 is 0 Å². The third kappa shape index (κ3) is 4.18. The fourth-order valence-electron chi connectivity index (χ4n) is 2.20. The van der Waals surface area contributed by atoms with Crippen molar-refractivity contribution in [3.8, 4) is 0 Å². The Balaban J connectivity index is 2.20. The molecule has 1 unspecified atom stereocenters. The smallest absolute Gasteiger partial charge is 0.107 e. The van der Waals surface area contributed by atoms with Gasteiger partial charge in [-0.1, -0.05) is 28.9 Å². The summed E-state index contributed by atoms with van der Waals surface area (Å²) in [5, 5.41) is 3.60. The number of hydrogen-bond donors (Lipinski definition) is 2. The van der Waals surface area contributed by atoms with Gasteiger partial charge in [0.2, 0.25) is 0 Å². The maximum absolute atomic E-state index is 4.33. The average Bonchev–Trinajstić information content (AvgIpc) is 2.86. The number of nitrogens with zero attached hydrogens (tertiary/aromatic N) is 1. The third-order valence-electron chi connectivity index (χ3n) is 3.06. The molecule has 19 heavy (non-hydrogen) atoms. The highest BCUT2D eigenvalue weighted by molar-refractivity contribution is 9.10. The molecule has 1 heterocycles. The molecule has 1 aromatic heterocycles. The minimum atomic E-state index is 0.294. The van der Waals surface area contributed by atoms with Gasteiger partial charge in [-0.25, -0.2) is 4.98 Å². The number of rotatable bonds is 6. The highest BCUT2D eigenvalue weighted by atomic mass is 79.9. The van der Waals surface area contributed by atoms with Crippen molar-refractivity contribution in [1.29, 1.82) is 0 Å². The summed E-state index contributed by atoms with van der Waals surface area (Å²) in [5.74, 6) is 1.02. The standard InChI is InChI=1S/C15H20BrN3/c1-3-4-17-14(10-15-18-5-6-19-15)12-7-11(2)8-13(16)9-12/h5-9,14,17H,3-4,10H2,1-2H3,(H,18,19). The van der Waals surface area contributed by atoms with Gasteiger partial charge in [-0.15, -0.1) is 0 Å². The Kier molecular flexibility index (Phi) is 5.16. The van der Waals surface area contributed by atoms with E-state index in [0.29, 0.717) is 6.04 Å². The van der Waals surface area contributed by atoms with E-state index in [4.69, 9.17) is 0 Å². The molecule has 102 valence electrons. The third-order valence-corrected chi connectivity index (χ3v) is 3.52. The first-order valence-electron chi connectivity index (χ1n) is 6.67. The summed E-state index contributed by atoms with van der Waals surface area (Å²) in [6.07, 6.45) is 5.68. The Morgan fingerprint density at radius 3 is 2.84 bits per heavy atom. The van der Waals surface area contributed by atoms with E-state index in [0.717, 1.165) is 29.7 Å². The van der Waals surface area contributed by atoms with Gasteiger partial charge in [-0.2, -0.15) is 0 Å². The van der Waals surface area contributed by atoms with E-state index in [1.54, 1.807) is 6.20 Å². The van der Waals surface area contributed by atoms with Crippen molar-refractivity contribution in [2.45, 2.75) is 32.7 Å². The van der Waals surface area contributed by atoms with Crippen LogP contribution in [-0.2, 0) is 6.42 Å². The van der Waals surface area contributed by atoms with Crippen LogP contribution in [0, 0.1) is 6.92 Å². The summed E-state index contributed by atoms with van der Waals surface area (Å²) in [6.45, 7) is 5.32. The maximum atomic E-state index is 4.33. The van der Waals surface area contributed by atoms with Gasteiger partial charge >= 0.3 is 0 Å². The summed E-state index contributed by atoms with van der Waals surface area (Å²) in [5.41, 5.74) is 2.57. The summed E-state index contributed by atoms with van der Waals surface area (Å²) in [7, 11) is 0. The molecule has 2 N–H and O–H groups in total. The normalized spacial score (nSPS) is 12.6. The van der Waals surface area contributed by atoms with Crippen LogP contribution in [0.5, 0.6) is 0 Å². The number of nitrogens with one attached hydrogen (secondary N) is 2. The first-order chi connectivity index (χ1) is 9.19. The van der Waals surface area contributed by atoms with Gasteiger partial charge in [0.25, 0.3) is 0 Å². The molecule has 0 aliphatic carbocycles. The molecule has 1 atom stereocenters. The number of halogens is 1. The highest BCUT2D eigenvalue weighted by Crippen LogP contribution is 2.23. The van der Waals surface area contributed by atoms with E-state index in [2.05, 4.69) is 63.3 Å². The topological polar surface area (TPSA) is 40.7 Å². The lowest BCUT2D eigenvalue weighted by molar-refractivity contribution is 0.520. The Labute approximate surface area is 123 Å². The lowest BCUT2D eigenvalue weighted by Gasteiger charge is -2.19. The first kappa shape index (κ1) is 14.3. The minimum Gasteiger partial charge on any atom is -0.349 e. The predicted molar refractivity (Wildman–Crippen MR) is 82.2 cm³/mol. The second-order valence-electron chi connectivity index (χ2n) is 4.81. The molecule has 0 bridgehead atoms. The van der Waals surface area contributed by atoms with Gasteiger partial charge < -0.3 is 10.3 Å². The number of aromatic amines is 1. The lowest BCUT2D eigenvalue weighted by Crippen LogP contribution is -2.24. The minimum absolute atomic E-state index is 0.294. The van der Waals surface area contributed by atoms with Crippen LogP contribution in [-0.4, -0.2) is 16.5 Å². The van der Waals surface area contributed by atoms with Crippen LogP contribution < -0.4 is 5.32 Å². The number of hydrogen-bond acceptors (Lipinski definition) is 2. The van der Waals surface area contributed by atoms with Gasteiger partial charge in [0.15, 0.2) is 0 Å².